The summed E-state index contributed by atoms with van der Waals surface area (Å²) in [5.41, 5.74) is 0. The van der Waals surface area contributed by atoms with Crippen LogP contribution in [0.1, 0.15) is 33.1 Å². The molecule has 3 atom stereocenters. The summed E-state index contributed by atoms with van der Waals surface area (Å²) >= 11 is 0. The lowest BCUT2D eigenvalue weighted by Gasteiger charge is -2.34. The molecule has 0 bridgehead atoms. The maximum Gasteiger partial charge on any atom is 0.243 e. The monoisotopic (exact) mass is 321 g/mol. The van der Waals surface area contributed by atoms with E-state index in [1.54, 1.807) is 0 Å². The topological polar surface area (TPSA) is 46.2 Å². The predicted octanol–water partition coefficient (Wildman–Crippen LogP) is 3.21. The molecule has 2 rings (SSSR count). The Morgan fingerprint density at radius 1 is 1.10 bits per heavy atom. The second-order valence-corrected chi connectivity index (χ2v) is 7.35. The molecule has 1 aromatic carbocycles. The number of sulfonamides is 1. The first kappa shape index (κ1) is 16.3. The molecule has 0 spiro atoms. The summed E-state index contributed by atoms with van der Waals surface area (Å²) in [5, 5.41) is 0. The van der Waals surface area contributed by atoms with E-state index in [9.17, 15) is 21.6 Å². The van der Waals surface area contributed by atoms with Crippen LogP contribution in [0.15, 0.2) is 17.0 Å². The minimum atomic E-state index is -4.22. The van der Waals surface area contributed by atoms with Crippen LogP contribution in [-0.4, -0.2) is 14.5 Å². The van der Waals surface area contributed by atoms with Gasteiger partial charge in [-0.3, -0.25) is 0 Å². The fourth-order valence-electron chi connectivity index (χ4n) is 2.73. The normalized spacial score (nSPS) is 26.8. The third-order valence-electron chi connectivity index (χ3n) is 4.30. The molecule has 1 N–H and O–H groups in total. The van der Waals surface area contributed by atoms with E-state index in [4.69, 9.17) is 0 Å². The molecule has 1 aromatic rings. The van der Waals surface area contributed by atoms with Gasteiger partial charge >= 0.3 is 0 Å². The first-order valence-electron chi connectivity index (χ1n) is 6.90. The van der Waals surface area contributed by atoms with Crippen molar-refractivity contribution in [3.63, 3.8) is 0 Å². The number of hydrogen-bond donors (Lipinski definition) is 1. The summed E-state index contributed by atoms with van der Waals surface area (Å²) in [5.74, 6) is -4.42. The van der Waals surface area contributed by atoms with E-state index in [-0.39, 0.29) is 12.0 Å². The molecular weight excluding hydrogens is 303 g/mol. The zero-order valence-electron chi connectivity index (χ0n) is 11.9. The molecule has 0 amide bonds. The number of halogens is 3. The standard InChI is InChI=1S/C14H18F3NO2S/c1-8-4-3-5-11(9(8)2)18-21(19,20)12-7-6-10(15)13(16)14(12)17/h6-9,11,18H,3-5H2,1-2H3. The minimum Gasteiger partial charge on any atom is -0.208 e. The number of hydrogen-bond acceptors (Lipinski definition) is 2. The van der Waals surface area contributed by atoms with Gasteiger partial charge in [-0.25, -0.2) is 26.3 Å². The summed E-state index contributed by atoms with van der Waals surface area (Å²) in [4.78, 5) is -0.855. The average Bonchev–Trinajstić information content (AvgIpc) is 2.41. The smallest absolute Gasteiger partial charge is 0.208 e. The van der Waals surface area contributed by atoms with Crippen molar-refractivity contribution in [3.8, 4) is 0 Å². The lowest BCUT2D eigenvalue weighted by Crippen LogP contribution is -2.43. The van der Waals surface area contributed by atoms with E-state index < -0.39 is 32.4 Å². The Hall–Kier alpha value is -1.08. The molecule has 3 nitrogen and oxygen atoms in total. The summed E-state index contributed by atoms with van der Waals surface area (Å²) in [6, 6.07) is 1.03. The van der Waals surface area contributed by atoms with Crippen LogP contribution in [0.3, 0.4) is 0 Å². The molecule has 0 aromatic heterocycles. The molecule has 0 aliphatic heterocycles. The van der Waals surface area contributed by atoms with Gasteiger partial charge < -0.3 is 0 Å². The van der Waals surface area contributed by atoms with Gasteiger partial charge in [0.2, 0.25) is 10.0 Å². The van der Waals surface area contributed by atoms with Crippen LogP contribution in [0.4, 0.5) is 13.2 Å². The average molecular weight is 321 g/mol. The Labute approximate surface area is 122 Å². The van der Waals surface area contributed by atoms with Gasteiger partial charge in [0.05, 0.1) is 0 Å². The molecule has 1 aliphatic rings. The zero-order chi connectivity index (χ0) is 15.8. The van der Waals surface area contributed by atoms with Gasteiger partial charge in [0.1, 0.15) is 4.90 Å². The molecule has 1 aliphatic carbocycles. The summed E-state index contributed by atoms with van der Waals surface area (Å²) in [6.45, 7) is 3.96. The summed E-state index contributed by atoms with van der Waals surface area (Å²) in [6.07, 6.45) is 2.54. The minimum absolute atomic E-state index is 0.0990. The van der Waals surface area contributed by atoms with Crippen molar-refractivity contribution in [2.24, 2.45) is 11.8 Å². The van der Waals surface area contributed by atoms with E-state index in [1.165, 1.54) is 0 Å². The molecule has 1 saturated carbocycles. The van der Waals surface area contributed by atoms with Crippen LogP contribution in [-0.2, 0) is 10.0 Å². The molecule has 0 radical (unpaired) electrons. The first-order valence-corrected chi connectivity index (χ1v) is 8.38. The molecule has 1 fully saturated rings. The van der Waals surface area contributed by atoms with Gasteiger partial charge in [-0.05, 0) is 30.4 Å². The van der Waals surface area contributed by atoms with Crippen LogP contribution in [0, 0.1) is 29.3 Å². The van der Waals surface area contributed by atoms with Crippen molar-refractivity contribution >= 4 is 10.0 Å². The maximum absolute atomic E-state index is 13.7. The lowest BCUT2D eigenvalue weighted by atomic mass is 9.78. The highest BCUT2D eigenvalue weighted by Gasteiger charge is 2.32. The van der Waals surface area contributed by atoms with Gasteiger partial charge in [-0.15, -0.1) is 0 Å². The van der Waals surface area contributed by atoms with E-state index in [2.05, 4.69) is 4.72 Å². The first-order chi connectivity index (χ1) is 9.74. The molecule has 3 unspecified atom stereocenters. The highest BCUT2D eigenvalue weighted by atomic mass is 32.2. The van der Waals surface area contributed by atoms with Crippen molar-refractivity contribution < 1.29 is 21.6 Å². The second kappa shape index (κ2) is 5.96. The van der Waals surface area contributed by atoms with Gasteiger partial charge in [0.15, 0.2) is 17.5 Å². The predicted molar refractivity (Wildman–Crippen MR) is 72.6 cm³/mol. The second-order valence-electron chi connectivity index (χ2n) is 5.67. The number of benzene rings is 1. The van der Waals surface area contributed by atoms with Crippen LogP contribution < -0.4 is 4.72 Å². The zero-order valence-corrected chi connectivity index (χ0v) is 12.7. The molecule has 0 heterocycles. The molecular formula is C14H18F3NO2S. The third-order valence-corrected chi connectivity index (χ3v) is 5.81. The largest absolute Gasteiger partial charge is 0.243 e. The molecule has 21 heavy (non-hydrogen) atoms. The number of nitrogens with one attached hydrogen (secondary N) is 1. The van der Waals surface area contributed by atoms with E-state index in [1.807, 2.05) is 13.8 Å². The molecule has 7 heteroatoms. The van der Waals surface area contributed by atoms with Crippen LogP contribution in [0.5, 0.6) is 0 Å². The van der Waals surface area contributed by atoms with E-state index >= 15 is 0 Å². The fourth-order valence-corrected chi connectivity index (χ4v) is 4.16. The van der Waals surface area contributed by atoms with Crippen molar-refractivity contribution in [1.29, 1.82) is 0 Å². The van der Waals surface area contributed by atoms with Crippen molar-refractivity contribution in [3.05, 3.63) is 29.6 Å². The quantitative estimate of drug-likeness (QED) is 0.869. The Bertz CT molecular complexity index is 633. The fraction of sp³-hybridized carbons (Fsp3) is 0.571. The van der Waals surface area contributed by atoms with E-state index in [0.717, 1.165) is 18.9 Å². The van der Waals surface area contributed by atoms with Crippen LogP contribution in [0.2, 0.25) is 0 Å². The number of rotatable bonds is 3. The highest BCUT2D eigenvalue weighted by molar-refractivity contribution is 7.89. The highest BCUT2D eigenvalue weighted by Crippen LogP contribution is 2.31. The Balaban J connectivity index is 2.29. The third kappa shape index (κ3) is 3.23. The maximum atomic E-state index is 13.7. The van der Waals surface area contributed by atoms with Crippen LogP contribution >= 0.6 is 0 Å². The lowest BCUT2D eigenvalue weighted by molar-refractivity contribution is 0.226. The van der Waals surface area contributed by atoms with Gasteiger partial charge in [0.25, 0.3) is 0 Å². The Kier molecular flexibility index (Phi) is 4.63. The van der Waals surface area contributed by atoms with Crippen molar-refractivity contribution in [2.75, 3.05) is 0 Å². The summed E-state index contributed by atoms with van der Waals surface area (Å²) in [7, 11) is -4.22. The Morgan fingerprint density at radius 2 is 1.76 bits per heavy atom. The van der Waals surface area contributed by atoms with Gasteiger partial charge in [-0.2, -0.15) is 0 Å². The van der Waals surface area contributed by atoms with Crippen molar-refractivity contribution in [1.82, 2.24) is 4.72 Å². The van der Waals surface area contributed by atoms with Crippen LogP contribution in [0.25, 0.3) is 0 Å². The van der Waals surface area contributed by atoms with Crippen molar-refractivity contribution in [2.45, 2.75) is 44.0 Å². The SMILES string of the molecule is CC1CCCC(NS(=O)(=O)c2ccc(F)c(F)c2F)C1C. The molecule has 0 saturated heterocycles. The Morgan fingerprint density at radius 3 is 2.43 bits per heavy atom. The van der Waals surface area contributed by atoms with Gasteiger partial charge in [0, 0.05) is 6.04 Å². The van der Waals surface area contributed by atoms with E-state index in [0.29, 0.717) is 18.4 Å². The van der Waals surface area contributed by atoms with Gasteiger partial charge in [-0.1, -0.05) is 26.7 Å². The summed E-state index contributed by atoms with van der Waals surface area (Å²) < 4.78 is 66.6. The molecule has 118 valence electrons.